The van der Waals surface area contributed by atoms with E-state index in [2.05, 4.69) is 5.32 Å². The smallest absolute Gasteiger partial charge is 0.326 e. The van der Waals surface area contributed by atoms with Crippen molar-refractivity contribution in [3.05, 3.63) is 71.3 Å². The minimum absolute atomic E-state index is 0.225. The van der Waals surface area contributed by atoms with Crippen molar-refractivity contribution in [2.45, 2.75) is 70.8 Å². The van der Waals surface area contributed by atoms with Gasteiger partial charge in [-0.15, -0.1) is 0 Å². The lowest BCUT2D eigenvalue weighted by Gasteiger charge is -2.36. The Kier molecular flexibility index (Phi) is 8.22. The number of fused-ring (bicyclic) bond motifs is 1. The Balaban J connectivity index is 1.73. The van der Waals surface area contributed by atoms with E-state index in [1.165, 1.54) is 4.90 Å². The van der Waals surface area contributed by atoms with Crippen molar-refractivity contribution in [2.24, 2.45) is 0 Å². The lowest BCUT2D eigenvalue weighted by molar-refractivity contribution is -0.154. The molecule has 3 rings (SSSR count). The second-order valence-corrected chi connectivity index (χ2v) is 8.74. The van der Waals surface area contributed by atoms with E-state index in [-0.39, 0.29) is 25.0 Å². The summed E-state index contributed by atoms with van der Waals surface area (Å²) in [5, 5.41) is 12.9. The number of carboxylic acids is 1. The van der Waals surface area contributed by atoms with E-state index in [4.69, 9.17) is 4.74 Å². The number of nitrogens with one attached hydrogen (secondary N) is 1. The largest absolute Gasteiger partial charge is 0.480 e. The molecule has 7 heteroatoms. The molecular weight excluding hydrogens is 420 g/mol. The monoisotopic (exact) mass is 452 g/mol. The molecule has 3 unspecified atom stereocenters. The van der Waals surface area contributed by atoms with Crippen molar-refractivity contribution in [1.29, 1.82) is 0 Å². The van der Waals surface area contributed by atoms with E-state index < -0.39 is 30.1 Å². The van der Waals surface area contributed by atoms with Crippen LogP contribution in [0.25, 0.3) is 0 Å². The highest BCUT2D eigenvalue weighted by atomic mass is 16.5. The van der Waals surface area contributed by atoms with Crippen LogP contribution in [0.1, 0.15) is 43.9 Å². The summed E-state index contributed by atoms with van der Waals surface area (Å²) in [6, 6.07) is 15.0. The van der Waals surface area contributed by atoms with Crippen molar-refractivity contribution in [1.82, 2.24) is 10.2 Å². The molecule has 1 heterocycles. The van der Waals surface area contributed by atoms with Gasteiger partial charge in [-0.05, 0) is 50.3 Å². The van der Waals surface area contributed by atoms with Gasteiger partial charge in [0.15, 0.2) is 0 Å². The molecule has 2 N–H and O–H groups in total. The number of esters is 1. The van der Waals surface area contributed by atoms with Gasteiger partial charge in [0.2, 0.25) is 5.91 Å². The molecule has 33 heavy (non-hydrogen) atoms. The van der Waals surface area contributed by atoms with E-state index >= 15 is 0 Å². The van der Waals surface area contributed by atoms with Crippen LogP contribution in [0.3, 0.4) is 0 Å². The number of hydrogen-bond acceptors (Lipinski definition) is 5. The first-order valence-electron chi connectivity index (χ1n) is 11.4. The van der Waals surface area contributed by atoms with Crippen LogP contribution in [0, 0.1) is 0 Å². The van der Waals surface area contributed by atoms with Crippen LogP contribution in [0.2, 0.25) is 0 Å². The van der Waals surface area contributed by atoms with Crippen molar-refractivity contribution in [2.75, 3.05) is 0 Å². The molecule has 0 saturated heterocycles. The van der Waals surface area contributed by atoms with Gasteiger partial charge in [0.1, 0.15) is 12.1 Å². The van der Waals surface area contributed by atoms with E-state index in [0.717, 1.165) is 16.7 Å². The molecule has 0 aliphatic carbocycles. The molecule has 176 valence electrons. The maximum absolute atomic E-state index is 13.3. The summed E-state index contributed by atoms with van der Waals surface area (Å²) in [6.07, 6.45) is 1.08. The molecule has 1 aliphatic heterocycles. The minimum Gasteiger partial charge on any atom is -0.480 e. The second-order valence-electron chi connectivity index (χ2n) is 8.74. The predicted molar refractivity (Wildman–Crippen MR) is 124 cm³/mol. The molecule has 7 nitrogen and oxygen atoms in total. The number of nitrogens with zero attached hydrogens (tertiary/aromatic N) is 1. The first-order chi connectivity index (χ1) is 15.8. The molecule has 1 aliphatic rings. The van der Waals surface area contributed by atoms with Gasteiger partial charge in [-0.3, -0.25) is 14.9 Å². The van der Waals surface area contributed by atoms with Gasteiger partial charge < -0.3 is 14.7 Å². The molecule has 0 saturated carbocycles. The number of carbonyl (C=O) groups excluding carboxylic acids is 2. The zero-order valence-corrected chi connectivity index (χ0v) is 19.4. The summed E-state index contributed by atoms with van der Waals surface area (Å²) in [5.74, 6) is -1.80. The van der Waals surface area contributed by atoms with Crippen molar-refractivity contribution in [3.8, 4) is 0 Å². The number of benzene rings is 2. The summed E-state index contributed by atoms with van der Waals surface area (Å²) in [4.78, 5) is 39.4. The fraction of sp³-hybridized carbons (Fsp3) is 0.423. The fourth-order valence-corrected chi connectivity index (χ4v) is 4.14. The molecule has 1 amide bonds. The van der Waals surface area contributed by atoms with Crippen LogP contribution in [0.4, 0.5) is 0 Å². The highest BCUT2D eigenvalue weighted by Gasteiger charge is 2.37. The average Bonchev–Trinajstić information content (AvgIpc) is 2.80. The lowest BCUT2D eigenvalue weighted by atomic mass is 9.93. The second kappa shape index (κ2) is 11.1. The summed E-state index contributed by atoms with van der Waals surface area (Å²) >= 11 is 0. The van der Waals surface area contributed by atoms with Gasteiger partial charge in [0.05, 0.1) is 12.1 Å². The molecule has 3 atom stereocenters. The molecule has 2 aromatic rings. The number of aryl methyl sites for hydroxylation is 1. The summed E-state index contributed by atoms with van der Waals surface area (Å²) in [5.41, 5.74) is 2.96. The highest BCUT2D eigenvalue weighted by molar-refractivity contribution is 5.88. The maximum atomic E-state index is 13.3. The van der Waals surface area contributed by atoms with Gasteiger partial charge >= 0.3 is 11.9 Å². The average molecular weight is 453 g/mol. The fourth-order valence-electron chi connectivity index (χ4n) is 4.14. The van der Waals surface area contributed by atoms with Crippen LogP contribution < -0.4 is 5.32 Å². The highest BCUT2D eigenvalue weighted by Crippen LogP contribution is 2.24. The van der Waals surface area contributed by atoms with Crippen LogP contribution in [0.5, 0.6) is 0 Å². The Morgan fingerprint density at radius 3 is 2.30 bits per heavy atom. The zero-order valence-electron chi connectivity index (χ0n) is 19.4. The van der Waals surface area contributed by atoms with Crippen LogP contribution in [-0.4, -0.2) is 52.1 Å². The third-order valence-corrected chi connectivity index (χ3v) is 5.84. The Labute approximate surface area is 194 Å². The number of ether oxygens (including phenoxy) is 1. The predicted octanol–water partition coefficient (Wildman–Crippen LogP) is 2.96. The zero-order chi connectivity index (χ0) is 24.0. The summed E-state index contributed by atoms with van der Waals surface area (Å²) in [6.45, 7) is 5.45. The van der Waals surface area contributed by atoms with Gasteiger partial charge in [-0.25, -0.2) is 4.79 Å². The topological polar surface area (TPSA) is 95.9 Å². The molecule has 2 aromatic carbocycles. The van der Waals surface area contributed by atoms with Crippen molar-refractivity contribution in [3.63, 3.8) is 0 Å². The van der Waals surface area contributed by atoms with Crippen LogP contribution in [0.15, 0.2) is 54.6 Å². The lowest BCUT2D eigenvalue weighted by Crippen LogP contribution is -2.56. The SMILES string of the molecule is CC(C)OC(=O)C(CCc1ccccc1)NC(C)C(=O)N1Cc2ccccc2CC1C(=O)O. The minimum atomic E-state index is -1.04. The standard InChI is InChI=1S/C26H32N2O5/c1-17(2)33-26(32)22(14-13-19-9-5-4-6-10-19)27-18(3)24(29)28-16-21-12-8-7-11-20(21)15-23(28)25(30)31/h4-12,17-18,22-23,27H,13-16H2,1-3H3,(H,30,31). The first kappa shape index (κ1) is 24.5. The van der Waals surface area contributed by atoms with Crippen molar-refractivity contribution >= 4 is 17.8 Å². The van der Waals surface area contributed by atoms with Gasteiger partial charge in [-0.1, -0.05) is 54.6 Å². The molecule has 0 bridgehead atoms. The number of rotatable bonds is 9. The molecule has 0 radical (unpaired) electrons. The number of carboxylic acid groups (broad SMARTS) is 1. The number of amides is 1. The Bertz CT molecular complexity index is 976. The third kappa shape index (κ3) is 6.42. The molecule has 0 spiro atoms. The van der Waals surface area contributed by atoms with Crippen LogP contribution >= 0.6 is 0 Å². The van der Waals surface area contributed by atoms with E-state index in [1.807, 2.05) is 54.6 Å². The van der Waals surface area contributed by atoms with E-state index in [1.54, 1.807) is 20.8 Å². The molecule has 0 fully saturated rings. The van der Waals surface area contributed by atoms with E-state index in [0.29, 0.717) is 12.8 Å². The first-order valence-corrected chi connectivity index (χ1v) is 11.4. The molecular formula is C26H32N2O5. The number of hydrogen-bond donors (Lipinski definition) is 2. The summed E-state index contributed by atoms with van der Waals surface area (Å²) < 4.78 is 5.41. The number of carbonyl (C=O) groups is 3. The van der Waals surface area contributed by atoms with Gasteiger partial charge in [0, 0.05) is 13.0 Å². The Morgan fingerprint density at radius 1 is 1.03 bits per heavy atom. The van der Waals surface area contributed by atoms with Crippen molar-refractivity contribution < 1.29 is 24.2 Å². The number of aliphatic carboxylic acids is 1. The third-order valence-electron chi connectivity index (χ3n) is 5.84. The normalized spacial score (nSPS) is 17.2. The summed E-state index contributed by atoms with van der Waals surface area (Å²) in [7, 11) is 0. The van der Waals surface area contributed by atoms with E-state index in [9.17, 15) is 19.5 Å². The van der Waals surface area contributed by atoms with Crippen LogP contribution in [-0.2, 0) is 38.5 Å². The molecule has 0 aromatic heterocycles. The quantitative estimate of drug-likeness (QED) is 0.568. The Morgan fingerprint density at radius 2 is 1.67 bits per heavy atom. The van der Waals surface area contributed by atoms with Gasteiger partial charge in [-0.2, -0.15) is 0 Å². The van der Waals surface area contributed by atoms with Gasteiger partial charge in [0.25, 0.3) is 0 Å². The maximum Gasteiger partial charge on any atom is 0.326 e. The Hall–Kier alpha value is -3.19.